The smallest absolute Gasteiger partial charge is 0.123 e. The SMILES string of the molecule is CCO.Fc1cccc(CCl)c1. The van der Waals surface area contributed by atoms with Crippen molar-refractivity contribution in [1.29, 1.82) is 0 Å². The summed E-state index contributed by atoms with van der Waals surface area (Å²) < 4.78 is 12.3. The van der Waals surface area contributed by atoms with Gasteiger partial charge < -0.3 is 5.11 Å². The van der Waals surface area contributed by atoms with Gasteiger partial charge >= 0.3 is 0 Å². The molecule has 0 saturated carbocycles. The summed E-state index contributed by atoms with van der Waals surface area (Å²) in [7, 11) is 0. The number of hydrogen-bond acceptors (Lipinski definition) is 1. The van der Waals surface area contributed by atoms with Crippen molar-refractivity contribution in [3.8, 4) is 0 Å². The molecule has 0 atom stereocenters. The lowest BCUT2D eigenvalue weighted by molar-refractivity contribution is 0.318. The van der Waals surface area contributed by atoms with E-state index in [0.717, 1.165) is 5.56 Å². The highest BCUT2D eigenvalue weighted by Crippen LogP contribution is 2.05. The minimum absolute atomic E-state index is 0.229. The molecule has 3 heteroatoms. The maximum Gasteiger partial charge on any atom is 0.123 e. The van der Waals surface area contributed by atoms with E-state index in [0.29, 0.717) is 5.88 Å². The lowest BCUT2D eigenvalue weighted by atomic mass is 10.2. The van der Waals surface area contributed by atoms with Crippen molar-refractivity contribution in [2.45, 2.75) is 12.8 Å². The molecule has 0 bridgehead atoms. The highest BCUT2D eigenvalue weighted by Gasteiger charge is 1.90. The third-order valence-corrected chi connectivity index (χ3v) is 1.35. The Bertz CT molecular complexity index is 215. The third kappa shape index (κ3) is 5.10. The molecule has 12 heavy (non-hydrogen) atoms. The Morgan fingerprint density at radius 2 is 2.08 bits per heavy atom. The summed E-state index contributed by atoms with van der Waals surface area (Å²) in [6.07, 6.45) is 0. The van der Waals surface area contributed by atoms with Gasteiger partial charge in [0.05, 0.1) is 0 Å². The highest BCUT2D eigenvalue weighted by molar-refractivity contribution is 6.17. The van der Waals surface area contributed by atoms with Crippen LogP contribution in [0.15, 0.2) is 24.3 Å². The zero-order chi connectivity index (χ0) is 9.40. The molecule has 0 fully saturated rings. The van der Waals surface area contributed by atoms with Gasteiger partial charge in [0.2, 0.25) is 0 Å². The minimum atomic E-state index is -0.229. The summed E-state index contributed by atoms with van der Waals surface area (Å²) in [5.41, 5.74) is 0.816. The van der Waals surface area contributed by atoms with Crippen molar-refractivity contribution in [3.05, 3.63) is 35.6 Å². The number of benzene rings is 1. The number of halogens is 2. The number of hydrogen-bond donors (Lipinski definition) is 1. The van der Waals surface area contributed by atoms with Crippen LogP contribution in [-0.4, -0.2) is 11.7 Å². The maximum atomic E-state index is 12.3. The molecule has 0 aliphatic rings. The standard InChI is InChI=1S/C7H6ClF.C2H6O/c8-5-6-2-1-3-7(9)4-6;1-2-3/h1-4H,5H2;3H,2H2,1H3. The van der Waals surface area contributed by atoms with E-state index in [2.05, 4.69) is 0 Å². The van der Waals surface area contributed by atoms with Gasteiger partial charge in [-0.1, -0.05) is 12.1 Å². The largest absolute Gasteiger partial charge is 0.397 e. The zero-order valence-electron chi connectivity index (χ0n) is 6.93. The molecule has 68 valence electrons. The van der Waals surface area contributed by atoms with Gasteiger partial charge in [0.25, 0.3) is 0 Å². The summed E-state index contributed by atoms with van der Waals surface area (Å²) in [5.74, 6) is 0.144. The monoisotopic (exact) mass is 190 g/mol. The predicted molar refractivity (Wildman–Crippen MR) is 48.7 cm³/mol. The molecule has 0 heterocycles. The third-order valence-electron chi connectivity index (χ3n) is 1.04. The fraction of sp³-hybridized carbons (Fsp3) is 0.333. The fourth-order valence-corrected chi connectivity index (χ4v) is 0.786. The second-order valence-electron chi connectivity index (χ2n) is 2.08. The van der Waals surface area contributed by atoms with E-state index in [1.165, 1.54) is 12.1 Å². The molecule has 1 N–H and O–H groups in total. The number of alkyl halides is 1. The molecule has 0 saturated heterocycles. The number of aliphatic hydroxyl groups is 1. The van der Waals surface area contributed by atoms with Gasteiger partial charge in [-0.25, -0.2) is 4.39 Å². The van der Waals surface area contributed by atoms with Gasteiger partial charge in [0.15, 0.2) is 0 Å². The molecule has 1 aromatic rings. The van der Waals surface area contributed by atoms with Crippen LogP contribution in [-0.2, 0) is 5.88 Å². The Morgan fingerprint density at radius 3 is 2.42 bits per heavy atom. The Hall–Kier alpha value is -0.600. The highest BCUT2D eigenvalue weighted by atomic mass is 35.5. The second-order valence-corrected chi connectivity index (χ2v) is 2.35. The molecule has 0 unspecified atom stereocenters. The van der Waals surface area contributed by atoms with E-state index in [-0.39, 0.29) is 12.4 Å². The molecule has 1 nitrogen and oxygen atoms in total. The summed E-state index contributed by atoms with van der Waals surface area (Å²) >= 11 is 5.43. The van der Waals surface area contributed by atoms with Crippen LogP contribution >= 0.6 is 11.6 Å². The van der Waals surface area contributed by atoms with Gasteiger partial charge in [0, 0.05) is 12.5 Å². The van der Waals surface area contributed by atoms with Crippen LogP contribution in [0.1, 0.15) is 12.5 Å². The van der Waals surface area contributed by atoms with E-state index in [4.69, 9.17) is 16.7 Å². The molecular formula is C9H12ClFO. The van der Waals surface area contributed by atoms with E-state index >= 15 is 0 Å². The number of rotatable bonds is 1. The van der Waals surface area contributed by atoms with Crippen molar-refractivity contribution in [2.24, 2.45) is 0 Å². The molecule has 0 aliphatic carbocycles. The van der Waals surface area contributed by atoms with Gasteiger partial charge in [-0.3, -0.25) is 0 Å². The average Bonchev–Trinajstić information content (AvgIpc) is 2.06. The number of aliphatic hydroxyl groups excluding tert-OH is 1. The van der Waals surface area contributed by atoms with E-state index in [1.807, 2.05) is 0 Å². The lowest BCUT2D eigenvalue weighted by Crippen LogP contribution is -1.77. The van der Waals surface area contributed by atoms with Crippen LogP contribution in [0.4, 0.5) is 4.39 Å². The van der Waals surface area contributed by atoms with Crippen molar-refractivity contribution < 1.29 is 9.50 Å². The lowest BCUT2D eigenvalue weighted by Gasteiger charge is -1.91. The summed E-state index contributed by atoms with van der Waals surface area (Å²) in [6.45, 7) is 1.93. The van der Waals surface area contributed by atoms with E-state index < -0.39 is 0 Å². The molecule has 0 spiro atoms. The quantitative estimate of drug-likeness (QED) is 0.675. The average molecular weight is 191 g/mol. The molecule has 1 aromatic carbocycles. The zero-order valence-corrected chi connectivity index (χ0v) is 7.68. The van der Waals surface area contributed by atoms with Crippen LogP contribution in [0.25, 0.3) is 0 Å². The topological polar surface area (TPSA) is 20.2 Å². The van der Waals surface area contributed by atoms with E-state index in [9.17, 15) is 4.39 Å². The van der Waals surface area contributed by atoms with Gasteiger partial charge in [-0.05, 0) is 24.6 Å². The molecule has 0 aromatic heterocycles. The van der Waals surface area contributed by atoms with Gasteiger partial charge in [-0.15, -0.1) is 11.6 Å². The Labute approximate surface area is 76.8 Å². The Kier molecular flexibility index (Phi) is 6.72. The van der Waals surface area contributed by atoms with Crippen LogP contribution in [0.5, 0.6) is 0 Å². The van der Waals surface area contributed by atoms with E-state index in [1.54, 1.807) is 19.1 Å². The Morgan fingerprint density at radius 1 is 1.50 bits per heavy atom. The molecule has 0 radical (unpaired) electrons. The Balaban J connectivity index is 0.000000354. The summed E-state index contributed by atoms with van der Waals surface area (Å²) in [5, 5.41) is 7.57. The first-order chi connectivity index (χ1) is 5.74. The van der Waals surface area contributed by atoms with Crippen molar-refractivity contribution in [3.63, 3.8) is 0 Å². The normalized spacial score (nSPS) is 8.67. The van der Waals surface area contributed by atoms with Crippen LogP contribution in [0, 0.1) is 5.82 Å². The first-order valence-corrected chi connectivity index (χ1v) is 4.19. The molecular weight excluding hydrogens is 179 g/mol. The minimum Gasteiger partial charge on any atom is -0.397 e. The van der Waals surface area contributed by atoms with Crippen molar-refractivity contribution in [1.82, 2.24) is 0 Å². The van der Waals surface area contributed by atoms with Crippen LogP contribution < -0.4 is 0 Å². The predicted octanol–water partition coefficient (Wildman–Crippen LogP) is 2.56. The maximum absolute atomic E-state index is 12.3. The summed E-state index contributed by atoms with van der Waals surface area (Å²) in [4.78, 5) is 0. The second kappa shape index (κ2) is 7.07. The van der Waals surface area contributed by atoms with Crippen LogP contribution in [0.2, 0.25) is 0 Å². The van der Waals surface area contributed by atoms with Crippen LogP contribution in [0.3, 0.4) is 0 Å². The molecule has 1 rings (SSSR count). The van der Waals surface area contributed by atoms with Crippen molar-refractivity contribution >= 4 is 11.6 Å². The van der Waals surface area contributed by atoms with Crippen molar-refractivity contribution in [2.75, 3.05) is 6.61 Å². The molecule has 0 aliphatic heterocycles. The fourth-order valence-electron chi connectivity index (χ4n) is 0.620. The molecule has 0 amide bonds. The van der Waals surface area contributed by atoms with Gasteiger partial charge in [-0.2, -0.15) is 0 Å². The first kappa shape index (κ1) is 11.4. The first-order valence-electron chi connectivity index (χ1n) is 3.65. The summed E-state index contributed by atoms with van der Waals surface area (Å²) in [6, 6.07) is 6.26. The van der Waals surface area contributed by atoms with Gasteiger partial charge in [0.1, 0.15) is 5.82 Å².